The van der Waals surface area contributed by atoms with Gasteiger partial charge in [0, 0.05) is 25.9 Å². The first kappa shape index (κ1) is 16.0. The molecule has 1 aromatic carbocycles. The number of likely N-dealkylation sites (tertiary alicyclic amines) is 1. The minimum atomic E-state index is -0.605. The van der Waals surface area contributed by atoms with Gasteiger partial charge in [-0.05, 0) is 30.4 Å². The summed E-state index contributed by atoms with van der Waals surface area (Å²) in [4.78, 5) is 26.3. The fraction of sp³-hybridized carbons (Fsp3) is 0.529. The summed E-state index contributed by atoms with van der Waals surface area (Å²) in [6.07, 6.45) is 1.63. The van der Waals surface area contributed by atoms with Crippen LogP contribution in [0.2, 0.25) is 0 Å². The van der Waals surface area contributed by atoms with E-state index in [-0.39, 0.29) is 30.3 Å². The van der Waals surface area contributed by atoms with E-state index in [9.17, 15) is 9.59 Å². The fourth-order valence-corrected chi connectivity index (χ4v) is 3.64. The van der Waals surface area contributed by atoms with Crippen LogP contribution in [-0.4, -0.2) is 49.6 Å². The first-order valence-electron chi connectivity index (χ1n) is 8.05. The predicted molar refractivity (Wildman–Crippen MR) is 87.0 cm³/mol. The maximum Gasteiger partial charge on any atom is 0.241 e. The highest BCUT2D eigenvalue weighted by atomic mass is 16.5. The first-order chi connectivity index (χ1) is 11.1. The number of nitrogens with zero attached hydrogens (tertiary/aromatic N) is 1. The van der Waals surface area contributed by atoms with E-state index in [1.807, 2.05) is 24.3 Å². The lowest BCUT2D eigenvalue weighted by molar-refractivity contribution is -0.135. The molecule has 2 heterocycles. The summed E-state index contributed by atoms with van der Waals surface area (Å²) in [5, 5.41) is 2.96. The van der Waals surface area contributed by atoms with Crippen molar-refractivity contribution >= 4 is 17.5 Å². The number of carbonyl (C=O) groups is 2. The minimum absolute atomic E-state index is 0.0680. The number of methoxy groups -OCH3 is 1. The van der Waals surface area contributed by atoms with Gasteiger partial charge in [0.05, 0.1) is 12.5 Å². The molecule has 2 aliphatic heterocycles. The van der Waals surface area contributed by atoms with Crippen LogP contribution in [0.5, 0.6) is 0 Å². The van der Waals surface area contributed by atoms with Crippen molar-refractivity contribution < 1.29 is 14.3 Å². The zero-order valence-corrected chi connectivity index (χ0v) is 13.3. The summed E-state index contributed by atoms with van der Waals surface area (Å²) in [5.74, 6) is 0.172. The number of para-hydroxylation sites is 1. The highest BCUT2D eigenvalue weighted by Gasteiger charge is 2.38. The lowest BCUT2D eigenvalue weighted by Gasteiger charge is -2.35. The van der Waals surface area contributed by atoms with Gasteiger partial charge >= 0.3 is 0 Å². The molecule has 0 radical (unpaired) electrons. The molecule has 6 nitrogen and oxygen atoms in total. The molecule has 2 amide bonds. The van der Waals surface area contributed by atoms with Crippen molar-refractivity contribution in [3.8, 4) is 0 Å². The number of benzene rings is 1. The molecule has 0 spiro atoms. The van der Waals surface area contributed by atoms with Crippen LogP contribution < -0.4 is 11.1 Å². The largest absolute Gasteiger partial charge is 0.383 e. The SMILES string of the molecule is COCC(N)C(=O)N1CCC(C2C(=O)Nc3ccccc32)CC1. The molecule has 3 rings (SSSR count). The summed E-state index contributed by atoms with van der Waals surface area (Å²) < 4.78 is 4.95. The van der Waals surface area contributed by atoms with Gasteiger partial charge in [0.1, 0.15) is 6.04 Å². The second-order valence-electron chi connectivity index (χ2n) is 6.28. The van der Waals surface area contributed by atoms with E-state index in [1.165, 1.54) is 7.11 Å². The second kappa shape index (κ2) is 6.68. The van der Waals surface area contributed by atoms with Crippen LogP contribution in [0.4, 0.5) is 5.69 Å². The number of carbonyl (C=O) groups excluding carboxylic acids is 2. The van der Waals surface area contributed by atoms with Crippen molar-refractivity contribution in [3.05, 3.63) is 29.8 Å². The number of hydrogen-bond acceptors (Lipinski definition) is 4. The molecule has 2 atom stereocenters. The van der Waals surface area contributed by atoms with Gasteiger partial charge < -0.3 is 20.7 Å². The first-order valence-corrected chi connectivity index (χ1v) is 8.05. The average Bonchev–Trinajstić information content (AvgIpc) is 2.90. The molecule has 1 saturated heterocycles. The van der Waals surface area contributed by atoms with E-state index in [4.69, 9.17) is 10.5 Å². The number of nitrogens with one attached hydrogen (secondary N) is 1. The van der Waals surface area contributed by atoms with Crippen molar-refractivity contribution in [3.63, 3.8) is 0 Å². The summed E-state index contributed by atoms with van der Waals surface area (Å²) in [5.41, 5.74) is 7.82. The average molecular weight is 317 g/mol. The summed E-state index contributed by atoms with van der Waals surface area (Å²) in [7, 11) is 1.54. The van der Waals surface area contributed by atoms with Gasteiger partial charge in [0.2, 0.25) is 11.8 Å². The number of piperidine rings is 1. The Morgan fingerprint density at radius 1 is 1.39 bits per heavy atom. The maximum absolute atomic E-state index is 12.3. The van der Waals surface area contributed by atoms with Crippen LogP contribution in [0.1, 0.15) is 24.3 Å². The molecular weight excluding hydrogens is 294 g/mol. The Balaban J connectivity index is 1.64. The Morgan fingerprint density at radius 3 is 2.78 bits per heavy atom. The number of hydrogen-bond donors (Lipinski definition) is 2. The van der Waals surface area contributed by atoms with Crippen molar-refractivity contribution in [2.45, 2.75) is 24.8 Å². The van der Waals surface area contributed by atoms with Gasteiger partial charge in [-0.1, -0.05) is 18.2 Å². The standard InChI is InChI=1S/C17H23N3O3/c1-23-10-13(18)17(22)20-8-6-11(7-9-20)15-12-4-2-3-5-14(12)19-16(15)21/h2-5,11,13,15H,6-10,18H2,1H3,(H,19,21). The Bertz CT molecular complexity index is 597. The highest BCUT2D eigenvalue weighted by molar-refractivity contribution is 6.03. The van der Waals surface area contributed by atoms with E-state index in [0.29, 0.717) is 13.1 Å². The Morgan fingerprint density at radius 2 is 2.09 bits per heavy atom. The quantitative estimate of drug-likeness (QED) is 0.865. The van der Waals surface area contributed by atoms with Gasteiger partial charge in [-0.2, -0.15) is 0 Å². The summed E-state index contributed by atoms with van der Waals surface area (Å²) in [6, 6.07) is 7.25. The molecule has 1 aromatic rings. The van der Waals surface area contributed by atoms with Gasteiger partial charge in [-0.3, -0.25) is 9.59 Å². The third-order valence-corrected chi connectivity index (χ3v) is 4.82. The van der Waals surface area contributed by atoms with E-state index < -0.39 is 6.04 Å². The van der Waals surface area contributed by atoms with Crippen LogP contribution in [0.3, 0.4) is 0 Å². The van der Waals surface area contributed by atoms with Crippen LogP contribution in [0, 0.1) is 5.92 Å². The maximum atomic E-state index is 12.3. The Kier molecular flexibility index (Phi) is 4.63. The van der Waals surface area contributed by atoms with Crippen LogP contribution >= 0.6 is 0 Å². The highest BCUT2D eigenvalue weighted by Crippen LogP contribution is 2.41. The summed E-state index contributed by atoms with van der Waals surface area (Å²) >= 11 is 0. The van der Waals surface area contributed by atoms with Gasteiger partial charge in [-0.25, -0.2) is 0 Å². The molecule has 6 heteroatoms. The normalized spacial score (nSPS) is 22.6. The van der Waals surface area contributed by atoms with Gasteiger partial charge in [0.25, 0.3) is 0 Å². The molecule has 0 bridgehead atoms. The third-order valence-electron chi connectivity index (χ3n) is 4.82. The van der Waals surface area contributed by atoms with E-state index in [1.54, 1.807) is 4.90 Å². The molecular formula is C17H23N3O3. The van der Waals surface area contributed by atoms with E-state index in [2.05, 4.69) is 5.32 Å². The lowest BCUT2D eigenvalue weighted by Crippen LogP contribution is -2.49. The number of ether oxygens (including phenoxy) is 1. The van der Waals surface area contributed by atoms with Crippen LogP contribution in [0.15, 0.2) is 24.3 Å². The number of amides is 2. The fourth-order valence-electron chi connectivity index (χ4n) is 3.64. The van der Waals surface area contributed by atoms with Gasteiger partial charge in [0.15, 0.2) is 0 Å². The zero-order chi connectivity index (χ0) is 16.4. The predicted octanol–water partition coefficient (Wildman–Crippen LogP) is 0.935. The topological polar surface area (TPSA) is 84.7 Å². The van der Waals surface area contributed by atoms with E-state index >= 15 is 0 Å². The van der Waals surface area contributed by atoms with Crippen LogP contribution in [-0.2, 0) is 14.3 Å². The Hall–Kier alpha value is -1.92. The smallest absolute Gasteiger partial charge is 0.241 e. The monoisotopic (exact) mass is 317 g/mol. The molecule has 3 N–H and O–H groups in total. The number of anilines is 1. The molecule has 0 aromatic heterocycles. The molecule has 23 heavy (non-hydrogen) atoms. The molecule has 0 aliphatic carbocycles. The number of fused-ring (bicyclic) bond motifs is 1. The van der Waals surface area contributed by atoms with E-state index in [0.717, 1.165) is 24.1 Å². The molecule has 124 valence electrons. The summed E-state index contributed by atoms with van der Waals surface area (Å²) in [6.45, 7) is 1.52. The molecule has 2 unspecified atom stereocenters. The molecule has 0 saturated carbocycles. The number of nitrogens with two attached hydrogens (primary N) is 1. The third kappa shape index (κ3) is 3.09. The van der Waals surface area contributed by atoms with Crippen molar-refractivity contribution in [2.24, 2.45) is 11.7 Å². The second-order valence-corrected chi connectivity index (χ2v) is 6.28. The van der Waals surface area contributed by atoms with Crippen molar-refractivity contribution in [1.29, 1.82) is 0 Å². The lowest BCUT2D eigenvalue weighted by atomic mass is 9.80. The zero-order valence-electron chi connectivity index (χ0n) is 13.3. The van der Waals surface area contributed by atoms with Crippen molar-refractivity contribution in [1.82, 2.24) is 4.90 Å². The molecule has 1 fully saturated rings. The van der Waals surface area contributed by atoms with Crippen LogP contribution in [0.25, 0.3) is 0 Å². The number of rotatable bonds is 4. The molecule has 2 aliphatic rings. The van der Waals surface area contributed by atoms with Crippen molar-refractivity contribution in [2.75, 3.05) is 32.1 Å². The van der Waals surface area contributed by atoms with Gasteiger partial charge in [-0.15, -0.1) is 0 Å². The Labute approximate surface area is 136 Å². The minimum Gasteiger partial charge on any atom is -0.383 e.